The van der Waals surface area contributed by atoms with Crippen molar-refractivity contribution in [2.24, 2.45) is 5.16 Å². The molecule has 0 fully saturated rings. The number of nitrogens with zero attached hydrogens (tertiary/aromatic N) is 2. The Kier molecular flexibility index (Phi) is 3.90. The van der Waals surface area contributed by atoms with Gasteiger partial charge in [-0.2, -0.15) is 0 Å². The second kappa shape index (κ2) is 4.97. The highest BCUT2D eigenvalue weighted by Gasteiger charge is 2.11. The first-order valence-corrected chi connectivity index (χ1v) is 5.36. The third-order valence-electron chi connectivity index (χ3n) is 1.24. The van der Waals surface area contributed by atoms with Crippen LogP contribution in [0, 0.1) is 12.3 Å². The summed E-state index contributed by atoms with van der Waals surface area (Å²) in [6.07, 6.45) is 0. The van der Waals surface area contributed by atoms with Gasteiger partial charge in [0.2, 0.25) is 0 Å². The number of carboxylic acids is 1. The molecule has 14 heavy (non-hydrogen) atoms. The van der Waals surface area contributed by atoms with Crippen LogP contribution in [-0.4, -0.2) is 32.7 Å². The SMILES string of the molecule is Cc1[c]sc(SC/C(=N/O)C(=O)O)n1. The van der Waals surface area contributed by atoms with Crippen molar-refractivity contribution in [3.8, 4) is 0 Å². The fraction of sp³-hybridized carbons (Fsp3) is 0.286. The van der Waals surface area contributed by atoms with Gasteiger partial charge in [-0.3, -0.25) is 0 Å². The smallest absolute Gasteiger partial charge is 0.354 e. The van der Waals surface area contributed by atoms with Gasteiger partial charge in [-0.15, -0.1) is 11.3 Å². The van der Waals surface area contributed by atoms with E-state index < -0.39 is 5.97 Å². The third kappa shape index (κ3) is 3.00. The van der Waals surface area contributed by atoms with Crippen LogP contribution in [0.25, 0.3) is 0 Å². The Morgan fingerprint density at radius 2 is 2.50 bits per heavy atom. The molecule has 0 aliphatic carbocycles. The maximum Gasteiger partial charge on any atom is 0.354 e. The Hall–Kier alpha value is -1.08. The Balaban J connectivity index is 2.52. The van der Waals surface area contributed by atoms with Crippen LogP contribution in [0.1, 0.15) is 5.69 Å². The van der Waals surface area contributed by atoms with E-state index in [4.69, 9.17) is 10.3 Å². The summed E-state index contributed by atoms with van der Waals surface area (Å²) in [6, 6.07) is 0. The van der Waals surface area contributed by atoms with Gasteiger partial charge in [0.1, 0.15) is 0 Å². The van der Waals surface area contributed by atoms with Crippen LogP contribution in [-0.2, 0) is 4.79 Å². The molecule has 0 saturated heterocycles. The lowest BCUT2D eigenvalue weighted by molar-refractivity contribution is -0.129. The highest BCUT2D eigenvalue weighted by molar-refractivity contribution is 8.01. The van der Waals surface area contributed by atoms with Crippen LogP contribution in [0.2, 0.25) is 0 Å². The van der Waals surface area contributed by atoms with Crippen molar-refractivity contribution in [1.29, 1.82) is 0 Å². The summed E-state index contributed by atoms with van der Waals surface area (Å²) in [6.45, 7) is 1.80. The predicted molar refractivity (Wildman–Crippen MR) is 53.3 cm³/mol. The molecule has 0 aliphatic rings. The number of carboxylic acid groups (broad SMARTS) is 1. The van der Waals surface area contributed by atoms with E-state index in [-0.39, 0.29) is 11.5 Å². The van der Waals surface area contributed by atoms with Gasteiger partial charge in [0.05, 0.1) is 16.8 Å². The van der Waals surface area contributed by atoms with Crippen LogP contribution in [0.4, 0.5) is 0 Å². The van der Waals surface area contributed by atoms with Gasteiger partial charge in [-0.05, 0) is 6.92 Å². The summed E-state index contributed by atoms with van der Waals surface area (Å²) < 4.78 is 0.713. The van der Waals surface area contributed by atoms with Crippen LogP contribution in [0.3, 0.4) is 0 Å². The molecule has 0 atom stereocenters. The molecular formula is C7H7N2O3S2. The molecule has 75 valence electrons. The zero-order valence-electron chi connectivity index (χ0n) is 7.22. The molecule has 1 aromatic rings. The van der Waals surface area contributed by atoms with Crippen molar-refractivity contribution in [3.63, 3.8) is 0 Å². The monoisotopic (exact) mass is 231 g/mol. The summed E-state index contributed by atoms with van der Waals surface area (Å²) in [5.41, 5.74) is 0.484. The third-order valence-corrected chi connectivity index (χ3v) is 3.27. The first-order valence-electron chi connectivity index (χ1n) is 3.55. The number of aryl methyl sites for hydroxylation is 1. The highest BCUT2D eigenvalue weighted by Crippen LogP contribution is 2.21. The molecule has 1 aromatic heterocycles. The van der Waals surface area contributed by atoms with Crippen molar-refractivity contribution in [2.45, 2.75) is 11.3 Å². The maximum absolute atomic E-state index is 10.4. The maximum atomic E-state index is 10.4. The second-order valence-corrected chi connectivity index (χ2v) is 4.33. The highest BCUT2D eigenvalue weighted by atomic mass is 32.2. The lowest BCUT2D eigenvalue weighted by atomic mass is 10.4. The van der Waals surface area contributed by atoms with E-state index in [1.165, 1.54) is 23.1 Å². The Morgan fingerprint density at radius 1 is 1.79 bits per heavy atom. The van der Waals surface area contributed by atoms with Crippen LogP contribution in [0.5, 0.6) is 0 Å². The van der Waals surface area contributed by atoms with Gasteiger partial charge < -0.3 is 10.3 Å². The summed E-state index contributed by atoms with van der Waals surface area (Å²) in [5, 5.41) is 22.4. The zero-order chi connectivity index (χ0) is 10.6. The Morgan fingerprint density at radius 3 is 2.93 bits per heavy atom. The normalized spacial score (nSPS) is 11.6. The molecule has 5 nitrogen and oxygen atoms in total. The number of aromatic nitrogens is 1. The first kappa shape index (κ1) is 11.0. The number of thiazole rings is 1. The largest absolute Gasteiger partial charge is 0.477 e. The van der Waals surface area contributed by atoms with Crippen molar-refractivity contribution in [3.05, 3.63) is 11.1 Å². The molecule has 7 heteroatoms. The lowest BCUT2D eigenvalue weighted by Crippen LogP contribution is -2.15. The standard InChI is InChI=1S/C7H7N2O3S2/c1-4-2-13-7(8-4)14-3-5(9-12)6(10)11/h12H,3H2,1H3,(H,10,11)/b9-5-. The summed E-state index contributed by atoms with van der Waals surface area (Å²) >= 11 is 2.52. The fourth-order valence-electron chi connectivity index (χ4n) is 0.625. The van der Waals surface area contributed by atoms with Gasteiger partial charge in [-0.25, -0.2) is 9.78 Å². The summed E-state index contributed by atoms with van der Waals surface area (Å²) in [4.78, 5) is 14.5. The van der Waals surface area contributed by atoms with Crippen LogP contribution in [0.15, 0.2) is 9.50 Å². The molecule has 1 heterocycles. The molecule has 2 N–H and O–H groups in total. The molecule has 0 aromatic carbocycles. The average molecular weight is 231 g/mol. The Bertz CT molecular complexity index is 362. The minimum atomic E-state index is -1.22. The van der Waals surface area contributed by atoms with Crippen LogP contribution >= 0.6 is 23.1 Å². The van der Waals surface area contributed by atoms with Gasteiger partial charge in [0.25, 0.3) is 0 Å². The van der Waals surface area contributed by atoms with Crippen molar-refractivity contribution >= 4 is 34.8 Å². The number of carbonyl (C=O) groups is 1. The zero-order valence-corrected chi connectivity index (χ0v) is 8.85. The molecule has 0 unspecified atom stereocenters. The molecule has 0 aliphatic heterocycles. The number of hydrogen-bond donors (Lipinski definition) is 2. The van der Waals surface area contributed by atoms with Crippen molar-refractivity contribution in [1.82, 2.24) is 4.98 Å². The van der Waals surface area contributed by atoms with Gasteiger partial charge in [-0.1, -0.05) is 16.9 Å². The lowest BCUT2D eigenvalue weighted by Gasteiger charge is -1.95. The van der Waals surface area contributed by atoms with Crippen molar-refractivity contribution < 1.29 is 15.1 Å². The summed E-state index contributed by atoms with van der Waals surface area (Å²) in [5.74, 6) is -1.13. The number of thioether (sulfide) groups is 1. The van der Waals surface area contributed by atoms with E-state index in [9.17, 15) is 4.79 Å². The average Bonchev–Trinajstić information content (AvgIpc) is 2.52. The van der Waals surface area contributed by atoms with Gasteiger partial charge in [0.15, 0.2) is 10.1 Å². The second-order valence-electron chi connectivity index (χ2n) is 2.31. The first-order chi connectivity index (χ1) is 6.63. The van der Waals surface area contributed by atoms with Gasteiger partial charge in [0, 0.05) is 0 Å². The van der Waals surface area contributed by atoms with E-state index in [2.05, 4.69) is 15.5 Å². The van der Waals surface area contributed by atoms with E-state index in [0.717, 1.165) is 5.69 Å². The minimum Gasteiger partial charge on any atom is -0.477 e. The van der Waals surface area contributed by atoms with Crippen molar-refractivity contribution in [2.75, 3.05) is 5.75 Å². The molecular weight excluding hydrogens is 224 g/mol. The predicted octanol–water partition coefficient (Wildman–Crippen LogP) is 1.26. The minimum absolute atomic E-state index is 0.0899. The molecule has 1 rings (SSSR count). The molecule has 0 amide bonds. The Labute approximate surface area is 88.5 Å². The van der Waals surface area contributed by atoms with E-state index in [1.807, 2.05) is 0 Å². The van der Waals surface area contributed by atoms with E-state index in [1.54, 1.807) is 6.92 Å². The quantitative estimate of drug-likeness (QED) is 0.353. The molecule has 0 saturated carbocycles. The molecule has 1 radical (unpaired) electrons. The number of rotatable bonds is 4. The van der Waals surface area contributed by atoms with Crippen LogP contribution < -0.4 is 0 Å². The van der Waals surface area contributed by atoms with Gasteiger partial charge >= 0.3 is 5.97 Å². The molecule has 0 spiro atoms. The fourth-order valence-corrected chi connectivity index (χ4v) is 2.27. The summed E-state index contributed by atoms with van der Waals surface area (Å²) in [7, 11) is 0. The number of aliphatic carboxylic acids is 1. The van der Waals surface area contributed by atoms with E-state index in [0.29, 0.717) is 4.34 Å². The molecule has 0 bridgehead atoms. The van der Waals surface area contributed by atoms with E-state index >= 15 is 0 Å². The number of hydrogen-bond acceptors (Lipinski definition) is 6. The number of oxime groups is 1. The topological polar surface area (TPSA) is 82.8 Å².